The van der Waals surface area contributed by atoms with Gasteiger partial charge in [0.1, 0.15) is 37.0 Å². The Bertz CT molecular complexity index is 1200. The summed E-state index contributed by atoms with van der Waals surface area (Å²) in [7, 11) is 0. The summed E-state index contributed by atoms with van der Waals surface area (Å²) in [5.74, 6) is 1.30. The number of aliphatic imine (C=N–C) groups is 4. The van der Waals surface area contributed by atoms with Gasteiger partial charge in [0.05, 0.1) is 0 Å². The highest BCUT2D eigenvalue weighted by Gasteiger charge is 2.28. The van der Waals surface area contributed by atoms with Gasteiger partial charge >= 0.3 is 12.0 Å². The number of amidine groups is 4. The summed E-state index contributed by atoms with van der Waals surface area (Å²) >= 11 is 0. The first kappa shape index (κ1) is 19.4. The lowest BCUT2D eigenvalue weighted by Gasteiger charge is -2.03. The molecule has 0 bridgehead atoms. The van der Waals surface area contributed by atoms with E-state index in [1.165, 1.54) is 0 Å². The molecular weight excluding hydrogens is 414 g/mol. The molecule has 33 heavy (non-hydrogen) atoms. The molecule has 2 atom stereocenters. The van der Waals surface area contributed by atoms with Crippen LogP contribution in [0, 0.1) is 0 Å². The second-order valence-corrected chi connectivity index (χ2v) is 7.89. The number of hydrogen-bond donors (Lipinski definition) is 1. The van der Waals surface area contributed by atoms with Crippen LogP contribution in [0.2, 0.25) is 0 Å². The normalized spacial score (nSPS) is 23.5. The summed E-state index contributed by atoms with van der Waals surface area (Å²) in [5, 5.41) is 3.30. The Morgan fingerprint density at radius 3 is 1.48 bits per heavy atom. The third-order valence-corrected chi connectivity index (χ3v) is 5.73. The van der Waals surface area contributed by atoms with E-state index in [0.29, 0.717) is 36.9 Å². The van der Waals surface area contributed by atoms with Gasteiger partial charge in [-0.3, -0.25) is 0 Å². The van der Waals surface area contributed by atoms with Crippen molar-refractivity contribution < 1.29 is 9.47 Å². The fraction of sp³-hybridized carbons (Fsp3) is 0.154. The van der Waals surface area contributed by atoms with Crippen LogP contribution in [0.15, 0.2) is 105 Å². The van der Waals surface area contributed by atoms with Crippen LogP contribution in [0.3, 0.4) is 0 Å². The first-order valence-electron chi connectivity index (χ1n) is 10.9. The number of fused-ring (bicyclic) bond motifs is 1. The molecule has 0 saturated carbocycles. The van der Waals surface area contributed by atoms with Gasteiger partial charge in [0.15, 0.2) is 0 Å². The second-order valence-electron chi connectivity index (χ2n) is 7.89. The molecule has 0 unspecified atom stereocenters. The fourth-order valence-electron chi connectivity index (χ4n) is 4.05. The minimum atomic E-state index is -0.0495. The molecular formula is C26H21N5O2. The molecule has 3 aromatic rings. The fourth-order valence-corrected chi connectivity index (χ4v) is 4.05. The van der Waals surface area contributed by atoms with E-state index in [-0.39, 0.29) is 12.1 Å². The predicted octanol–water partition coefficient (Wildman–Crippen LogP) is 4.04. The summed E-state index contributed by atoms with van der Waals surface area (Å²) in [6.45, 7) is 0.953. The van der Waals surface area contributed by atoms with Gasteiger partial charge in [0.25, 0.3) is 0 Å². The summed E-state index contributed by atoms with van der Waals surface area (Å²) in [5.41, 5.74) is 4.09. The maximum absolute atomic E-state index is 5.76. The molecule has 0 amide bonds. The van der Waals surface area contributed by atoms with Crippen LogP contribution in [0.1, 0.15) is 34.3 Å². The Morgan fingerprint density at radius 1 is 0.606 bits per heavy atom. The van der Waals surface area contributed by atoms with Gasteiger partial charge < -0.3 is 14.8 Å². The summed E-state index contributed by atoms with van der Waals surface area (Å²) in [6, 6.07) is 28.7. The van der Waals surface area contributed by atoms with Crippen molar-refractivity contribution in [3.05, 3.63) is 107 Å². The SMILES string of the molecule is c1ccc([C@@H]2COC(/N=C3\N/C(=N/C4=N[C@H](c5ccccc5)CO4)c4ccccc43)=N2)cc1. The lowest BCUT2D eigenvalue weighted by atomic mass is 10.1. The Balaban J connectivity index is 1.27. The molecule has 162 valence electrons. The largest absolute Gasteiger partial charge is 0.461 e. The molecule has 3 aliphatic heterocycles. The molecule has 0 radical (unpaired) electrons. The lowest BCUT2D eigenvalue weighted by molar-refractivity contribution is 0.315. The zero-order valence-electron chi connectivity index (χ0n) is 17.8. The minimum absolute atomic E-state index is 0.0495. The standard InChI is InChI=1S/C26H21N5O2/c1-3-9-17(10-4-1)21-15-32-25(27-21)30-23-19-13-7-8-14-20(19)24(29-23)31-26-28-22(16-33-26)18-11-5-2-6-12-18/h1-14,21-22H,15-16H2,(H,27,28,29,30,31)/t21-,22-/m0/s1. The zero-order valence-corrected chi connectivity index (χ0v) is 17.8. The minimum Gasteiger partial charge on any atom is -0.461 e. The number of nitrogens with one attached hydrogen (secondary N) is 1. The van der Waals surface area contributed by atoms with E-state index in [9.17, 15) is 0 Å². The van der Waals surface area contributed by atoms with E-state index >= 15 is 0 Å². The summed E-state index contributed by atoms with van der Waals surface area (Å²) < 4.78 is 11.5. The molecule has 7 heteroatoms. The topological polar surface area (TPSA) is 79.9 Å². The molecule has 0 fully saturated rings. The lowest BCUT2D eigenvalue weighted by Crippen LogP contribution is -2.24. The van der Waals surface area contributed by atoms with Crippen molar-refractivity contribution in [1.29, 1.82) is 0 Å². The monoisotopic (exact) mass is 435 g/mol. The van der Waals surface area contributed by atoms with Gasteiger partial charge in [0, 0.05) is 11.1 Å². The highest BCUT2D eigenvalue weighted by Crippen LogP contribution is 2.26. The van der Waals surface area contributed by atoms with Gasteiger partial charge in [-0.15, -0.1) is 0 Å². The summed E-state index contributed by atoms with van der Waals surface area (Å²) in [4.78, 5) is 18.6. The van der Waals surface area contributed by atoms with Crippen molar-refractivity contribution in [2.24, 2.45) is 20.0 Å². The van der Waals surface area contributed by atoms with E-state index in [1.807, 2.05) is 84.9 Å². The van der Waals surface area contributed by atoms with Crippen molar-refractivity contribution in [3.63, 3.8) is 0 Å². The van der Waals surface area contributed by atoms with E-state index < -0.39 is 0 Å². The predicted molar refractivity (Wildman–Crippen MR) is 128 cm³/mol. The van der Waals surface area contributed by atoms with Crippen LogP contribution in [0.5, 0.6) is 0 Å². The summed E-state index contributed by atoms with van der Waals surface area (Å²) in [6.07, 6.45) is 0. The average Bonchev–Trinajstić information content (AvgIpc) is 3.61. The Hall–Kier alpha value is -4.26. The van der Waals surface area contributed by atoms with Gasteiger partial charge in [-0.05, 0) is 11.1 Å². The smallest absolute Gasteiger partial charge is 0.314 e. The van der Waals surface area contributed by atoms with Crippen LogP contribution < -0.4 is 5.32 Å². The number of rotatable bonds is 2. The van der Waals surface area contributed by atoms with Crippen molar-refractivity contribution in [3.8, 4) is 0 Å². The average molecular weight is 435 g/mol. The van der Waals surface area contributed by atoms with Crippen molar-refractivity contribution in [2.45, 2.75) is 12.1 Å². The molecule has 1 N–H and O–H groups in total. The maximum Gasteiger partial charge on any atom is 0.314 e. The quantitative estimate of drug-likeness (QED) is 0.660. The molecule has 0 saturated heterocycles. The van der Waals surface area contributed by atoms with Gasteiger partial charge in [0.2, 0.25) is 0 Å². The van der Waals surface area contributed by atoms with E-state index in [1.54, 1.807) is 0 Å². The molecule has 3 heterocycles. The maximum atomic E-state index is 5.76. The highest BCUT2D eigenvalue weighted by molar-refractivity contribution is 6.28. The van der Waals surface area contributed by atoms with Gasteiger partial charge in [-0.2, -0.15) is 9.98 Å². The van der Waals surface area contributed by atoms with Crippen molar-refractivity contribution in [2.75, 3.05) is 13.2 Å². The van der Waals surface area contributed by atoms with E-state index in [0.717, 1.165) is 22.3 Å². The Morgan fingerprint density at radius 2 is 1.03 bits per heavy atom. The van der Waals surface area contributed by atoms with Crippen LogP contribution in [-0.2, 0) is 9.47 Å². The number of nitrogens with zero attached hydrogens (tertiary/aromatic N) is 4. The molecule has 7 nitrogen and oxygen atoms in total. The third-order valence-electron chi connectivity index (χ3n) is 5.73. The highest BCUT2D eigenvalue weighted by atomic mass is 16.5. The first-order chi connectivity index (χ1) is 16.3. The van der Waals surface area contributed by atoms with E-state index in [4.69, 9.17) is 9.47 Å². The van der Waals surface area contributed by atoms with Crippen molar-refractivity contribution >= 4 is 23.7 Å². The first-order valence-corrected chi connectivity index (χ1v) is 10.9. The molecule has 0 aliphatic carbocycles. The second kappa shape index (κ2) is 8.35. The van der Waals surface area contributed by atoms with Crippen LogP contribution in [0.4, 0.5) is 0 Å². The zero-order chi connectivity index (χ0) is 22.0. The van der Waals surface area contributed by atoms with Crippen LogP contribution in [0.25, 0.3) is 0 Å². The number of hydrogen-bond acceptors (Lipinski definition) is 6. The molecule has 0 aromatic heterocycles. The molecule has 3 aromatic carbocycles. The van der Waals surface area contributed by atoms with Crippen molar-refractivity contribution in [1.82, 2.24) is 5.32 Å². The molecule has 6 rings (SSSR count). The van der Waals surface area contributed by atoms with Crippen LogP contribution >= 0.6 is 0 Å². The van der Waals surface area contributed by atoms with E-state index in [2.05, 4.69) is 25.3 Å². The number of benzene rings is 3. The molecule has 3 aliphatic rings. The Labute approximate surface area is 191 Å². The number of ether oxygens (including phenoxy) is 2. The third kappa shape index (κ3) is 3.89. The molecule has 0 spiro atoms. The van der Waals surface area contributed by atoms with Crippen LogP contribution in [-0.4, -0.2) is 36.9 Å². The Kier molecular flexibility index (Phi) is 4.92. The van der Waals surface area contributed by atoms with Gasteiger partial charge in [-0.25, -0.2) is 9.98 Å². The van der Waals surface area contributed by atoms with Gasteiger partial charge in [-0.1, -0.05) is 84.9 Å².